The van der Waals surface area contributed by atoms with Gasteiger partial charge in [-0.15, -0.1) is 0 Å². The van der Waals surface area contributed by atoms with Gasteiger partial charge in [0.1, 0.15) is 0 Å². The van der Waals surface area contributed by atoms with Gasteiger partial charge in [0.25, 0.3) is 0 Å². The van der Waals surface area contributed by atoms with Crippen LogP contribution in [0.1, 0.15) is 43.4 Å². The van der Waals surface area contributed by atoms with Gasteiger partial charge in [-0.1, -0.05) is 43.2 Å². The molecule has 0 radical (unpaired) electrons. The first-order valence-corrected chi connectivity index (χ1v) is 8.19. The Bertz CT molecular complexity index is 325. The maximum absolute atomic E-state index is 3.61. The molecule has 0 spiro atoms. The number of hydrogen-bond donors (Lipinski definition) is 1. The van der Waals surface area contributed by atoms with E-state index in [4.69, 9.17) is 0 Å². The van der Waals surface area contributed by atoms with Gasteiger partial charge in [0.15, 0.2) is 0 Å². The van der Waals surface area contributed by atoms with Gasteiger partial charge in [0, 0.05) is 24.1 Å². The lowest BCUT2D eigenvalue weighted by Gasteiger charge is -2.14. The molecule has 0 saturated carbocycles. The fourth-order valence-electron chi connectivity index (χ4n) is 2.25. The fourth-order valence-corrected chi connectivity index (χ4v) is 3.06. The molecule has 18 heavy (non-hydrogen) atoms. The van der Waals surface area contributed by atoms with Crippen LogP contribution in [0.25, 0.3) is 0 Å². The molecule has 0 aliphatic rings. The molecular weight excluding hydrogens is 238 g/mol. The normalized spacial score (nSPS) is 11.2. The van der Waals surface area contributed by atoms with Crippen LogP contribution in [0, 0.1) is 13.8 Å². The van der Waals surface area contributed by atoms with Crippen molar-refractivity contribution < 1.29 is 0 Å². The lowest BCUT2D eigenvalue weighted by molar-refractivity contribution is 0.501. The number of rotatable bonds is 8. The Labute approximate surface area is 117 Å². The maximum Gasteiger partial charge on any atom is 0.0185 e. The molecule has 0 atom stereocenters. The van der Waals surface area contributed by atoms with Crippen molar-refractivity contribution in [3.05, 3.63) is 34.9 Å². The molecule has 2 heteroatoms. The summed E-state index contributed by atoms with van der Waals surface area (Å²) in [7, 11) is 0. The molecule has 1 rings (SSSR count). The van der Waals surface area contributed by atoms with E-state index in [-0.39, 0.29) is 0 Å². The molecule has 1 aromatic carbocycles. The first-order valence-electron chi connectivity index (χ1n) is 7.04. The largest absolute Gasteiger partial charge is 0.313 e. The molecule has 0 unspecified atom stereocenters. The third kappa shape index (κ3) is 5.92. The first kappa shape index (κ1) is 15.6. The zero-order valence-electron chi connectivity index (χ0n) is 12.3. The van der Waals surface area contributed by atoms with E-state index < -0.39 is 0 Å². The second kappa shape index (κ2) is 8.60. The number of aryl methyl sites for hydroxylation is 2. The minimum Gasteiger partial charge on any atom is -0.313 e. The predicted octanol–water partition coefficient (Wildman–Crippen LogP) is 4.31. The van der Waals surface area contributed by atoms with Crippen molar-refractivity contribution in [1.29, 1.82) is 0 Å². The average Bonchev–Trinajstić information content (AvgIpc) is 2.32. The van der Waals surface area contributed by atoms with E-state index in [2.05, 4.69) is 51.2 Å². The molecule has 0 saturated heterocycles. The van der Waals surface area contributed by atoms with Crippen LogP contribution in [0.4, 0.5) is 0 Å². The van der Waals surface area contributed by atoms with Crippen molar-refractivity contribution in [3.8, 4) is 0 Å². The van der Waals surface area contributed by atoms with Gasteiger partial charge in [0.05, 0.1) is 0 Å². The van der Waals surface area contributed by atoms with Crippen molar-refractivity contribution in [2.75, 3.05) is 12.3 Å². The Balaban J connectivity index is 2.21. The van der Waals surface area contributed by atoms with Crippen molar-refractivity contribution in [2.24, 2.45) is 0 Å². The van der Waals surface area contributed by atoms with Gasteiger partial charge < -0.3 is 5.32 Å². The average molecular weight is 265 g/mol. The third-order valence-corrected chi connectivity index (χ3v) is 4.25. The summed E-state index contributed by atoms with van der Waals surface area (Å²) in [6, 6.07) is 7.54. The molecule has 0 aliphatic heterocycles. The molecule has 1 nitrogen and oxygen atoms in total. The Hall–Kier alpha value is -0.470. The van der Waals surface area contributed by atoms with Gasteiger partial charge in [-0.25, -0.2) is 0 Å². The zero-order chi connectivity index (χ0) is 13.4. The number of thioether (sulfide) groups is 1. The first-order chi connectivity index (χ1) is 8.65. The van der Waals surface area contributed by atoms with Gasteiger partial charge in [-0.05, 0) is 32.3 Å². The number of benzene rings is 1. The van der Waals surface area contributed by atoms with Gasteiger partial charge in [-0.2, -0.15) is 11.8 Å². The van der Waals surface area contributed by atoms with Gasteiger partial charge in [0.2, 0.25) is 0 Å². The van der Waals surface area contributed by atoms with Gasteiger partial charge >= 0.3 is 0 Å². The summed E-state index contributed by atoms with van der Waals surface area (Å²) in [6.45, 7) is 9.99. The smallest absolute Gasteiger partial charge is 0.0185 e. The Morgan fingerprint density at radius 3 is 2.22 bits per heavy atom. The standard InChI is InChI=1S/C16H27NS/c1-5-16(6-2)17-7-8-18-12-15-10-13(3)9-14(4)11-15/h9-11,16-17H,5-8,12H2,1-4H3. The van der Waals surface area contributed by atoms with Crippen molar-refractivity contribution in [3.63, 3.8) is 0 Å². The van der Waals surface area contributed by atoms with Gasteiger partial charge in [-0.3, -0.25) is 0 Å². The van der Waals surface area contributed by atoms with Crippen LogP contribution < -0.4 is 5.32 Å². The fraction of sp³-hybridized carbons (Fsp3) is 0.625. The molecule has 0 heterocycles. The van der Waals surface area contributed by atoms with Crippen LogP contribution in [0.2, 0.25) is 0 Å². The Kier molecular flexibility index (Phi) is 7.45. The molecular formula is C16H27NS. The zero-order valence-corrected chi connectivity index (χ0v) is 13.1. The monoisotopic (exact) mass is 265 g/mol. The third-order valence-electron chi connectivity index (χ3n) is 3.22. The Morgan fingerprint density at radius 1 is 1.06 bits per heavy atom. The van der Waals surface area contributed by atoms with Crippen LogP contribution in [-0.2, 0) is 5.75 Å². The SMILES string of the molecule is CCC(CC)NCCSCc1cc(C)cc(C)c1. The lowest BCUT2D eigenvalue weighted by Crippen LogP contribution is -2.29. The molecule has 0 bridgehead atoms. The summed E-state index contributed by atoms with van der Waals surface area (Å²) < 4.78 is 0. The van der Waals surface area contributed by atoms with Crippen molar-refractivity contribution in [1.82, 2.24) is 5.32 Å². The highest BCUT2D eigenvalue weighted by atomic mass is 32.2. The topological polar surface area (TPSA) is 12.0 Å². The number of nitrogens with one attached hydrogen (secondary N) is 1. The van der Waals surface area contributed by atoms with Crippen molar-refractivity contribution in [2.45, 2.75) is 52.3 Å². The quantitative estimate of drug-likeness (QED) is 0.703. The summed E-state index contributed by atoms with van der Waals surface area (Å²) in [5.41, 5.74) is 4.21. The summed E-state index contributed by atoms with van der Waals surface area (Å²) in [5.74, 6) is 2.33. The molecule has 0 aromatic heterocycles. The van der Waals surface area contributed by atoms with Crippen LogP contribution in [0.15, 0.2) is 18.2 Å². The highest BCUT2D eigenvalue weighted by molar-refractivity contribution is 7.98. The van der Waals surface area contributed by atoms with E-state index in [9.17, 15) is 0 Å². The van der Waals surface area contributed by atoms with Crippen LogP contribution >= 0.6 is 11.8 Å². The second-order valence-electron chi connectivity index (χ2n) is 5.02. The van der Waals surface area contributed by atoms with Crippen LogP contribution in [-0.4, -0.2) is 18.3 Å². The molecule has 0 aliphatic carbocycles. The molecule has 1 N–H and O–H groups in total. The molecule has 102 valence electrons. The highest BCUT2D eigenvalue weighted by Crippen LogP contribution is 2.15. The number of hydrogen-bond acceptors (Lipinski definition) is 2. The van der Waals surface area contributed by atoms with Crippen LogP contribution in [0.3, 0.4) is 0 Å². The summed E-state index contributed by atoms with van der Waals surface area (Å²) in [5, 5.41) is 3.61. The van der Waals surface area contributed by atoms with Crippen molar-refractivity contribution >= 4 is 11.8 Å². The highest BCUT2D eigenvalue weighted by Gasteiger charge is 2.01. The van der Waals surface area contributed by atoms with E-state index in [1.807, 2.05) is 11.8 Å². The second-order valence-corrected chi connectivity index (χ2v) is 6.12. The molecule has 1 aromatic rings. The summed E-state index contributed by atoms with van der Waals surface area (Å²) >= 11 is 2.02. The summed E-state index contributed by atoms with van der Waals surface area (Å²) in [6.07, 6.45) is 2.47. The lowest BCUT2D eigenvalue weighted by atomic mass is 10.1. The van der Waals surface area contributed by atoms with E-state index in [1.54, 1.807) is 0 Å². The Morgan fingerprint density at radius 2 is 1.67 bits per heavy atom. The van der Waals surface area contributed by atoms with Crippen LogP contribution in [0.5, 0.6) is 0 Å². The minimum absolute atomic E-state index is 0.701. The van der Waals surface area contributed by atoms with E-state index in [1.165, 1.54) is 35.3 Å². The van der Waals surface area contributed by atoms with E-state index in [0.29, 0.717) is 6.04 Å². The molecule has 0 amide bonds. The summed E-state index contributed by atoms with van der Waals surface area (Å²) in [4.78, 5) is 0. The predicted molar refractivity (Wildman–Crippen MR) is 84.5 cm³/mol. The minimum atomic E-state index is 0.701. The molecule has 0 fully saturated rings. The maximum atomic E-state index is 3.61. The van der Waals surface area contributed by atoms with E-state index in [0.717, 1.165) is 12.3 Å². The van der Waals surface area contributed by atoms with E-state index >= 15 is 0 Å².